The van der Waals surface area contributed by atoms with E-state index < -0.39 is 12.7 Å². The second-order valence-corrected chi connectivity index (χ2v) is 4.84. The van der Waals surface area contributed by atoms with Crippen molar-refractivity contribution in [1.82, 2.24) is 4.90 Å². The van der Waals surface area contributed by atoms with Crippen LogP contribution in [-0.4, -0.2) is 49.1 Å². The molecule has 0 aliphatic carbocycles. The third-order valence-corrected chi connectivity index (χ3v) is 3.08. The number of fused-ring (bicyclic) bond motifs is 1. The highest BCUT2D eigenvalue weighted by Gasteiger charge is 2.31. The molecule has 0 saturated carbocycles. The van der Waals surface area contributed by atoms with Crippen LogP contribution in [0.15, 0.2) is 18.2 Å². The number of para-hydroxylation sites is 1. The second-order valence-electron chi connectivity index (χ2n) is 4.84. The van der Waals surface area contributed by atoms with Gasteiger partial charge in [0.2, 0.25) is 0 Å². The number of hydrogen-bond donors (Lipinski definition) is 1. The van der Waals surface area contributed by atoms with Gasteiger partial charge in [0.05, 0.1) is 6.54 Å². The average molecular weight is 305 g/mol. The fraction of sp³-hybridized carbons (Fsp3) is 0.571. The fourth-order valence-corrected chi connectivity index (χ4v) is 2.26. The molecule has 0 saturated heterocycles. The maximum Gasteiger partial charge on any atom is 0.401 e. The Morgan fingerprint density at radius 3 is 2.67 bits per heavy atom. The van der Waals surface area contributed by atoms with Gasteiger partial charge in [0.25, 0.3) is 0 Å². The van der Waals surface area contributed by atoms with Gasteiger partial charge in [-0.3, -0.25) is 4.90 Å². The Hall–Kier alpha value is -1.47. The van der Waals surface area contributed by atoms with Crippen LogP contribution >= 0.6 is 0 Å². The number of halogens is 3. The highest BCUT2D eigenvalue weighted by Crippen LogP contribution is 2.34. The van der Waals surface area contributed by atoms with Crippen LogP contribution in [-0.2, 0) is 6.54 Å². The van der Waals surface area contributed by atoms with E-state index in [1.54, 1.807) is 18.2 Å². The van der Waals surface area contributed by atoms with Crippen molar-refractivity contribution < 1.29 is 27.8 Å². The fourth-order valence-electron chi connectivity index (χ4n) is 2.26. The number of nitrogens with zero attached hydrogens (tertiary/aromatic N) is 1. The van der Waals surface area contributed by atoms with Gasteiger partial charge in [-0.05, 0) is 12.5 Å². The lowest BCUT2D eigenvalue weighted by molar-refractivity contribution is -0.147. The average Bonchev–Trinajstić information content (AvgIpc) is 2.43. The Kier molecular flexibility index (Phi) is 5.30. The standard InChI is InChI=1S/C14H18F3NO3/c15-14(16,17)10-18(5-2-6-19)9-11-3-1-4-12-13(11)21-8-7-20-12/h1,3-4,19H,2,5-10H2. The number of benzene rings is 1. The lowest BCUT2D eigenvalue weighted by Crippen LogP contribution is -2.35. The number of aliphatic hydroxyl groups excluding tert-OH is 1. The van der Waals surface area contributed by atoms with Crippen molar-refractivity contribution in [1.29, 1.82) is 0 Å². The third kappa shape index (κ3) is 4.78. The van der Waals surface area contributed by atoms with Gasteiger partial charge in [-0.15, -0.1) is 0 Å². The minimum Gasteiger partial charge on any atom is -0.486 e. The van der Waals surface area contributed by atoms with Crippen molar-refractivity contribution in [3.05, 3.63) is 23.8 Å². The molecule has 0 atom stereocenters. The summed E-state index contributed by atoms with van der Waals surface area (Å²) in [5.41, 5.74) is 0.661. The molecule has 1 heterocycles. The highest BCUT2D eigenvalue weighted by molar-refractivity contribution is 5.47. The SMILES string of the molecule is OCCCN(Cc1cccc2c1OCCO2)CC(F)(F)F. The Morgan fingerprint density at radius 2 is 1.95 bits per heavy atom. The van der Waals surface area contributed by atoms with Crippen LogP contribution in [0.1, 0.15) is 12.0 Å². The van der Waals surface area contributed by atoms with E-state index in [1.807, 2.05) is 0 Å². The van der Waals surface area contributed by atoms with Crippen LogP contribution in [0.3, 0.4) is 0 Å². The molecular weight excluding hydrogens is 287 g/mol. The van der Waals surface area contributed by atoms with E-state index in [4.69, 9.17) is 14.6 Å². The first-order chi connectivity index (χ1) is 9.99. The van der Waals surface area contributed by atoms with Crippen molar-refractivity contribution in [3.63, 3.8) is 0 Å². The van der Waals surface area contributed by atoms with Gasteiger partial charge in [-0.2, -0.15) is 13.2 Å². The Balaban J connectivity index is 2.12. The first-order valence-corrected chi connectivity index (χ1v) is 6.77. The van der Waals surface area contributed by atoms with Gasteiger partial charge >= 0.3 is 6.18 Å². The molecule has 0 bridgehead atoms. The van der Waals surface area contributed by atoms with E-state index in [0.29, 0.717) is 36.7 Å². The van der Waals surface area contributed by atoms with Gasteiger partial charge in [-0.1, -0.05) is 12.1 Å². The quantitative estimate of drug-likeness (QED) is 0.875. The van der Waals surface area contributed by atoms with Gasteiger partial charge in [0, 0.05) is 25.3 Å². The van der Waals surface area contributed by atoms with Crippen molar-refractivity contribution in [3.8, 4) is 11.5 Å². The maximum absolute atomic E-state index is 12.6. The van der Waals surface area contributed by atoms with Crippen molar-refractivity contribution >= 4 is 0 Å². The molecule has 7 heteroatoms. The van der Waals surface area contributed by atoms with Crippen molar-refractivity contribution in [2.24, 2.45) is 0 Å². The highest BCUT2D eigenvalue weighted by atomic mass is 19.4. The summed E-state index contributed by atoms with van der Waals surface area (Å²) in [6.07, 6.45) is -3.98. The zero-order chi connectivity index (χ0) is 15.3. The third-order valence-electron chi connectivity index (χ3n) is 3.08. The van der Waals surface area contributed by atoms with Gasteiger partial charge < -0.3 is 14.6 Å². The van der Waals surface area contributed by atoms with Gasteiger partial charge in [0.1, 0.15) is 13.2 Å². The van der Waals surface area contributed by atoms with Gasteiger partial charge in [0.15, 0.2) is 11.5 Å². The summed E-state index contributed by atoms with van der Waals surface area (Å²) >= 11 is 0. The maximum atomic E-state index is 12.6. The molecule has 1 N–H and O–H groups in total. The van der Waals surface area contributed by atoms with E-state index in [0.717, 1.165) is 0 Å². The lowest BCUT2D eigenvalue weighted by Gasteiger charge is -2.26. The molecule has 0 amide bonds. The Bertz CT molecular complexity index is 465. The summed E-state index contributed by atoms with van der Waals surface area (Å²) in [6, 6.07) is 5.20. The van der Waals surface area contributed by atoms with E-state index in [1.165, 1.54) is 4.90 Å². The molecule has 21 heavy (non-hydrogen) atoms. The zero-order valence-electron chi connectivity index (χ0n) is 11.5. The summed E-state index contributed by atoms with van der Waals surface area (Å²) in [7, 11) is 0. The van der Waals surface area contributed by atoms with Crippen molar-refractivity contribution in [2.45, 2.75) is 19.1 Å². The largest absolute Gasteiger partial charge is 0.486 e. The predicted octanol–water partition coefficient (Wildman–Crippen LogP) is 2.20. The normalized spacial score (nSPS) is 14.5. The summed E-state index contributed by atoms with van der Waals surface area (Å²) in [6.45, 7) is -0.0574. The van der Waals surface area contributed by atoms with Crippen LogP contribution in [0, 0.1) is 0 Å². The van der Waals surface area contributed by atoms with E-state index in [-0.39, 0.29) is 19.7 Å². The summed E-state index contributed by atoms with van der Waals surface area (Å²) in [4.78, 5) is 1.25. The minimum absolute atomic E-state index is 0.103. The molecule has 118 valence electrons. The second kappa shape index (κ2) is 7.00. The van der Waals surface area contributed by atoms with E-state index in [2.05, 4.69) is 0 Å². The van der Waals surface area contributed by atoms with Crippen molar-refractivity contribution in [2.75, 3.05) is 32.9 Å². The molecule has 0 spiro atoms. The van der Waals surface area contributed by atoms with Crippen LogP contribution in [0.2, 0.25) is 0 Å². The Morgan fingerprint density at radius 1 is 1.19 bits per heavy atom. The van der Waals surface area contributed by atoms with Gasteiger partial charge in [-0.25, -0.2) is 0 Å². The van der Waals surface area contributed by atoms with E-state index >= 15 is 0 Å². The Labute approximate surface area is 121 Å². The first kappa shape index (κ1) is 15.9. The molecule has 1 aliphatic heterocycles. The van der Waals surface area contributed by atoms with Crippen LogP contribution in [0.4, 0.5) is 13.2 Å². The van der Waals surface area contributed by atoms with Crippen LogP contribution in [0.5, 0.6) is 11.5 Å². The molecule has 1 aromatic carbocycles. The summed E-state index contributed by atoms with van der Waals surface area (Å²) in [5, 5.41) is 8.82. The lowest BCUT2D eigenvalue weighted by atomic mass is 10.1. The minimum atomic E-state index is -4.28. The smallest absolute Gasteiger partial charge is 0.401 e. The first-order valence-electron chi connectivity index (χ1n) is 6.77. The number of ether oxygens (including phenoxy) is 2. The molecule has 4 nitrogen and oxygen atoms in total. The van der Waals surface area contributed by atoms with Crippen LogP contribution < -0.4 is 9.47 Å². The monoisotopic (exact) mass is 305 g/mol. The number of hydrogen-bond acceptors (Lipinski definition) is 4. The molecule has 0 radical (unpaired) electrons. The zero-order valence-corrected chi connectivity index (χ0v) is 11.5. The molecule has 1 aromatic rings. The molecular formula is C14H18F3NO3. The summed E-state index contributed by atoms with van der Waals surface area (Å²) in [5.74, 6) is 1.08. The molecule has 0 fully saturated rings. The summed E-state index contributed by atoms with van der Waals surface area (Å²) < 4.78 is 48.8. The molecule has 1 aliphatic rings. The predicted molar refractivity (Wildman–Crippen MR) is 70.5 cm³/mol. The topological polar surface area (TPSA) is 41.9 Å². The van der Waals surface area contributed by atoms with E-state index in [9.17, 15) is 13.2 Å². The molecule has 0 aromatic heterocycles. The van der Waals surface area contributed by atoms with Crippen LogP contribution in [0.25, 0.3) is 0 Å². The number of alkyl halides is 3. The number of aliphatic hydroxyl groups is 1. The molecule has 0 unspecified atom stereocenters. The molecule has 2 rings (SSSR count). The number of rotatable bonds is 6.